The quantitative estimate of drug-likeness (QED) is 0.411. The SMILES string of the molecule is CNc1ncnc(-c2cccnc2Oc2cccc(NC(=O)c3cccc(C(F)(F)F)c3)c2)n1. The molecule has 172 valence electrons. The minimum atomic E-state index is -4.54. The van der Waals surface area contributed by atoms with Gasteiger partial charge in [-0.15, -0.1) is 0 Å². The van der Waals surface area contributed by atoms with E-state index >= 15 is 0 Å². The van der Waals surface area contributed by atoms with E-state index in [4.69, 9.17) is 4.74 Å². The van der Waals surface area contributed by atoms with Crippen molar-refractivity contribution in [3.05, 3.63) is 84.3 Å². The number of pyridine rings is 1. The highest BCUT2D eigenvalue weighted by atomic mass is 19.4. The van der Waals surface area contributed by atoms with Gasteiger partial charge in [-0.2, -0.15) is 18.2 Å². The molecule has 0 aliphatic heterocycles. The number of hydrogen-bond donors (Lipinski definition) is 2. The summed E-state index contributed by atoms with van der Waals surface area (Å²) < 4.78 is 44.7. The molecule has 2 heterocycles. The molecule has 8 nitrogen and oxygen atoms in total. The summed E-state index contributed by atoms with van der Waals surface area (Å²) in [7, 11) is 1.68. The van der Waals surface area contributed by atoms with Crippen LogP contribution in [0.2, 0.25) is 0 Å². The van der Waals surface area contributed by atoms with E-state index in [-0.39, 0.29) is 11.4 Å². The van der Waals surface area contributed by atoms with Gasteiger partial charge in [-0.1, -0.05) is 12.1 Å². The molecule has 2 aromatic heterocycles. The minimum absolute atomic E-state index is 0.122. The van der Waals surface area contributed by atoms with Gasteiger partial charge in [0.1, 0.15) is 12.1 Å². The van der Waals surface area contributed by atoms with Crippen LogP contribution in [0, 0.1) is 0 Å². The number of nitrogens with one attached hydrogen (secondary N) is 2. The van der Waals surface area contributed by atoms with E-state index in [9.17, 15) is 18.0 Å². The molecule has 0 radical (unpaired) electrons. The van der Waals surface area contributed by atoms with Gasteiger partial charge in [0, 0.05) is 30.6 Å². The number of benzene rings is 2. The summed E-state index contributed by atoms with van der Waals surface area (Å²) in [6.07, 6.45) is -1.65. The van der Waals surface area contributed by atoms with E-state index in [2.05, 4.69) is 30.6 Å². The van der Waals surface area contributed by atoms with Crippen molar-refractivity contribution in [2.75, 3.05) is 17.7 Å². The van der Waals surface area contributed by atoms with Crippen molar-refractivity contribution in [1.29, 1.82) is 0 Å². The first-order valence-corrected chi connectivity index (χ1v) is 9.92. The number of carbonyl (C=O) groups excluding carboxylic acids is 1. The number of hydrogen-bond acceptors (Lipinski definition) is 7. The number of aromatic nitrogens is 4. The molecule has 0 bridgehead atoms. The van der Waals surface area contributed by atoms with Crippen molar-refractivity contribution in [3.8, 4) is 23.0 Å². The highest BCUT2D eigenvalue weighted by Crippen LogP contribution is 2.31. The normalized spacial score (nSPS) is 11.1. The zero-order valence-corrected chi connectivity index (χ0v) is 17.7. The van der Waals surface area contributed by atoms with Gasteiger partial charge in [0.05, 0.1) is 11.1 Å². The van der Waals surface area contributed by atoms with Crippen LogP contribution in [0.4, 0.5) is 24.8 Å². The van der Waals surface area contributed by atoms with Gasteiger partial charge in [0.2, 0.25) is 11.8 Å². The molecule has 0 saturated heterocycles. The number of nitrogens with zero attached hydrogens (tertiary/aromatic N) is 4. The Balaban J connectivity index is 1.55. The Morgan fingerprint density at radius 1 is 0.971 bits per heavy atom. The molecule has 2 aromatic carbocycles. The first kappa shape index (κ1) is 22.6. The predicted octanol–water partition coefficient (Wildman–Crippen LogP) is 5.04. The molecule has 11 heteroatoms. The van der Waals surface area contributed by atoms with Crippen LogP contribution in [0.15, 0.2) is 73.2 Å². The Bertz CT molecular complexity index is 1330. The highest BCUT2D eigenvalue weighted by Gasteiger charge is 2.30. The Morgan fingerprint density at radius 2 is 1.79 bits per heavy atom. The van der Waals surface area contributed by atoms with Crippen LogP contribution in [-0.4, -0.2) is 32.9 Å². The Morgan fingerprint density at radius 3 is 2.59 bits per heavy atom. The lowest BCUT2D eigenvalue weighted by atomic mass is 10.1. The monoisotopic (exact) mass is 466 g/mol. The first-order valence-electron chi connectivity index (χ1n) is 9.92. The maximum absolute atomic E-state index is 12.9. The minimum Gasteiger partial charge on any atom is -0.438 e. The summed E-state index contributed by atoms with van der Waals surface area (Å²) in [4.78, 5) is 29.2. The number of anilines is 2. The van der Waals surface area contributed by atoms with Crippen LogP contribution in [-0.2, 0) is 6.18 Å². The molecule has 0 fully saturated rings. The van der Waals surface area contributed by atoms with E-state index < -0.39 is 17.6 Å². The standard InChI is InChI=1S/C23H17F3N6O2/c1-27-22-30-13-29-19(32-22)18-9-4-10-28-21(18)34-17-8-3-7-16(12-17)31-20(33)14-5-2-6-15(11-14)23(24,25)26/h2-13H,1H3,(H,31,33)(H,27,29,30,32). The smallest absolute Gasteiger partial charge is 0.416 e. The molecule has 0 unspecified atom stereocenters. The van der Waals surface area contributed by atoms with E-state index in [1.165, 1.54) is 30.7 Å². The lowest BCUT2D eigenvalue weighted by Gasteiger charge is -2.12. The molecule has 0 aliphatic rings. The van der Waals surface area contributed by atoms with E-state index in [1.54, 1.807) is 37.4 Å². The number of alkyl halides is 3. The number of ether oxygens (including phenoxy) is 1. The van der Waals surface area contributed by atoms with Gasteiger partial charge in [0.25, 0.3) is 5.91 Å². The number of halogens is 3. The summed E-state index contributed by atoms with van der Waals surface area (Å²) in [6, 6.07) is 14.0. The Hall–Kier alpha value is -4.54. The van der Waals surface area contributed by atoms with Gasteiger partial charge in [-0.3, -0.25) is 4.79 Å². The average Bonchev–Trinajstić information content (AvgIpc) is 2.84. The van der Waals surface area contributed by atoms with Crippen LogP contribution < -0.4 is 15.4 Å². The van der Waals surface area contributed by atoms with Crippen molar-refractivity contribution >= 4 is 17.5 Å². The predicted molar refractivity (Wildman–Crippen MR) is 119 cm³/mol. The van der Waals surface area contributed by atoms with Crippen LogP contribution in [0.3, 0.4) is 0 Å². The molecule has 0 saturated carbocycles. The maximum Gasteiger partial charge on any atom is 0.416 e. The molecule has 2 N–H and O–H groups in total. The summed E-state index contributed by atoms with van der Waals surface area (Å²) in [5.74, 6) is 0.587. The number of carbonyl (C=O) groups is 1. The third kappa shape index (κ3) is 5.26. The van der Waals surface area contributed by atoms with Crippen LogP contribution in [0.5, 0.6) is 11.6 Å². The average molecular weight is 466 g/mol. The first-order chi connectivity index (χ1) is 16.3. The fourth-order valence-electron chi connectivity index (χ4n) is 2.98. The fourth-order valence-corrected chi connectivity index (χ4v) is 2.98. The Kier molecular flexibility index (Phi) is 6.35. The Labute approximate surface area is 191 Å². The second kappa shape index (κ2) is 9.53. The van der Waals surface area contributed by atoms with Gasteiger partial charge in [-0.25, -0.2) is 15.0 Å². The van der Waals surface area contributed by atoms with Gasteiger partial charge in [-0.05, 0) is 42.5 Å². The zero-order chi connectivity index (χ0) is 24.1. The molecular formula is C23H17F3N6O2. The summed E-state index contributed by atoms with van der Waals surface area (Å²) in [6.45, 7) is 0. The van der Waals surface area contributed by atoms with E-state index in [1.807, 2.05) is 0 Å². The van der Waals surface area contributed by atoms with E-state index in [0.717, 1.165) is 12.1 Å². The van der Waals surface area contributed by atoms with Crippen molar-refractivity contribution in [3.63, 3.8) is 0 Å². The van der Waals surface area contributed by atoms with Crippen molar-refractivity contribution in [2.24, 2.45) is 0 Å². The fraction of sp³-hybridized carbons (Fsp3) is 0.0870. The summed E-state index contributed by atoms with van der Waals surface area (Å²) >= 11 is 0. The second-order valence-electron chi connectivity index (χ2n) is 6.90. The highest BCUT2D eigenvalue weighted by molar-refractivity contribution is 6.04. The topological polar surface area (TPSA) is 102 Å². The molecule has 4 rings (SSSR count). The van der Waals surface area contributed by atoms with Crippen LogP contribution >= 0.6 is 0 Å². The third-order valence-electron chi connectivity index (χ3n) is 4.57. The van der Waals surface area contributed by atoms with Crippen molar-refractivity contribution < 1.29 is 22.7 Å². The van der Waals surface area contributed by atoms with Gasteiger partial charge < -0.3 is 15.4 Å². The lowest BCUT2D eigenvalue weighted by Crippen LogP contribution is -2.14. The molecule has 1 amide bonds. The second-order valence-corrected chi connectivity index (χ2v) is 6.90. The molecule has 0 atom stereocenters. The largest absolute Gasteiger partial charge is 0.438 e. The summed E-state index contributed by atoms with van der Waals surface area (Å²) in [5, 5.41) is 5.41. The van der Waals surface area contributed by atoms with Crippen molar-refractivity contribution in [2.45, 2.75) is 6.18 Å². The van der Waals surface area contributed by atoms with Crippen LogP contribution in [0.1, 0.15) is 15.9 Å². The molecule has 4 aromatic rings. The van der Waals surface area contributed by atoms with Crippen LogP contribution in [0.25, 0.3) is 11.4 Å². The zero-order valence-electron chi connectivity index (χ0n) is 17.7. The third-order valence-corrected chi connectivity index (χ3v) is 4.57. The van der Waals surface area contributed by atoms with E-state index in [0.29, 0.717) is 28.8 Å². The lowest BCUT2D eigenvalue weighted by molar-refractivity contribution is -0.137. The van der Waals surface area contributed by atoms with Gasteiger partial charge >= 0.3 is 6.18 Å². The molecule has 34 heavy (non-hydrogen) atoms. The molecular weight excluding hydrogens is 449 g/mol. The molecule has 0 aliphatic carbocycles. The number of rotatable bonds is 6. The maximum atomic E-state index is 12.9. The van der Waals surface area contributed by atoms with Crippen molar-refractivity contribution in [1.82, 2.24) is 19.9 Å². The molecule has 0 spiro atoms. The number of amides is 1. The summed E-state index contributed by atoms with van der Waals surface area (Å²) in [5.41, 5.74) is -0.183. The van der Waals surface area contributed by atoms with Gasteiger partial charge in [0.15, 0.2) is 5.82 Å².